The Morgan fingerprint density at radius 3 is 2.74 bits per heavy atom. The first-order chi connectivity index (χ1) is 9.02. The van der Waals surface area contributed by atoms with Crippen molar-refractivity contribution in [3.05, 3.63) is 68.2 Å². The van der Waals surface area contributed by atoms with E-state index in [9.17, 15) is 23.6 Å². The topological polar surface area (TPSA) is 89.0 Å². The number of halogens is 1. The fourth-order valence-corrected chi connectivity index (χ4v) is 1.48. The fourth-order valence-electron chi connectivity index (χ4n) is 1.48. The van der Waals surface area contributed by atoms with Gasteiger partial charge in [-0.3, -0.25) is 19.4 Å². The quantitative estimate of drug-likeness (QED) is 0.781. The van der Waals surface area contributed by atoms with Crippen molar-refractivity contribution in [2.75, 3.05) is 0 Å². The molecule has 0 saturated carbocycles. The highest BCUT2D eigenvalue weighted by atomic mass is 19.1. The molecule has 0 aliphatic carbocycles. The van der Waals surface area contributed by atoms with E-state index in [-0.39, 0.29) is 11.1 Å². The summed E-state index contributed by atoms with van der Waals surface area (Å²) in [5.74, 6) is -2.09. The Labute approximate surface area is 105 Å². The lowest BCUT2D eigenvalue weighted by molar-refractivity contribution is 0.0952. The second-order valence-electron chi connectivity index (χ2n) is 3.65. The first kappa shape index (κ1) is 12.6. The van der Waals surface area contributed by atoms with Gasteiger partial charge < -0.3 is 0 Å². The standard InChI is InChI=1S/C12H7FN2O4/c13-9-5-15(12(19)14-10(9)17)11(18)8-3-1-2-7(4-8)6-16/h1-6H,(H,14,17,19). The highest BCUT2D eigenvalue weighted by molar-refractivity contribution is 5.97. The summed E-state index contributed by atoms with van der Waals surface area (Å²) in [7, 11) is 0. The second kappa shape index (κ2) is 4.81. The van der Waals surface area contributed by atoms with Crippen molar-refractivity contribution >= 4 is 12.2 Å². The number of nitrogens with one attached hydrogen (secondary N) is 1. The first-order valence-corrected chi connectivity index (χ1v) is 5.14. The summed E-state index contributed by atoms with van der Waals surface area (Å²) < 4.78 is 13.5. The molecule has 0 fully saturated rings. The van der Waals surface area contributed by atoms with Crippen LogP contribution in [-0.2, 0) is 0 Å². The molecule has 0 aliphatic heterocycles. The Kier molecular flexibility index (Phi) is 3.19. The number of rotatable bonds is 2. The number of benzene rings is 1. The first-order valence-electron chi connectivity index (χ1n) is 5.14. The predicted molar refractivity (Wildman–Crippen MR) is 62.8 cm³/mol. The van der Waals surface area contributed by atoms with E-state index in [1.165, 1.54) is 24.3 Å². The molecule has 1 aromatic carbocycles. The molecule has 0 saturated heterocycles. The van der Waals surface area contributed by atoms with E-state index >= 15 is 0 Å². The van der Waals surface area contributed by atoms with Crippen molar-refractivity contribution in [2.24, 2.45) is 0 Å². The van der Waals surface area contributed by atoms with Gasteiger partial charge in [0.2, 0.25) is 5.82 Å². The van der Waals surface area contributed by atoms with Gasteiger partial charge >= 0.3 is 5.69 Å². The van der Waals surface area contributed by atoms with Crippen LogP contribution in [0.4, 0.5) is 4.39 Å². The van der Waals surface area contributed by atoms with Gasteiger partial charge in [0, 0.05) is 11.1 Å². The zero-order valence-electron chi connectivity index (χ0n) is 9.42. The zero-order valence-corrected chi connectivity index (χ0v) is 9.42. The van der Waals surface area contributed by atoms with E-state index < -0.39 is 23.0 Å². The van der Waals surface area contributed by atoms with Crippen LogP contribution in [0.3, 0.4) is 0 Å². The molecular weight excluding hydrogens is 255 g/mol. The molecule has 0 radical (unpaired) electrons. The number of aldehydes is 1. The van der Waals surface area contributed by atoms with Crippen molar-refractivity contribution in [3.8, 4) is 0 Å². The maximum atomic E-state index is 13.1. The molecule has 6 nitrogen and oxygen atoms in total. The van der Waals surface area contributed by atoms with Gasteiger partial charge in [-0.2, -0.15) is 4.39 Å². The Morgan fingerprint density at radius 1 is 1.32 bits per heavy atom. The van der Waals surface area contributed by atoms with Crippen LogP contribution >= 0.6 is 0 Å². The third-order valence-electron chi connectivity index (χ3n) is 2.39. The van der Waals surface area contributed by atoms with Crippen LogP contribution in [0.25, 0.3) is 0 Å². The largest absolute Gasteiger partial charge is 0.335 e. The van der Waals surface area contributed by atoms with Crippen LogP contribution in [0.5, 0.6) is 0 Å². The minimum Gasteiger partial charge on any atom is -0.298 e. The molecule has 19 heavy (non-hydrogen) atoms. The number of carbonyl (C=O) groups excluding carboxylic acids is 2. The summed E-state index contributed by atoms with van der Waals surface area (Å²) in [6.07, 6.45) is 1.05. The number of nitrogens with zero attached hydrogens (tertiary/aromatic N) is 1. The van der Waals surface area contributed by atoms with Gasteiger partial charge in [-0.15, -0.1) is 0 Å². The monoisotopic (exact) mass is 262 g/mol. The van der Waals surface area contributed by atoms with Gasteiger partial charge in [0.15, 0.2) is 0 Å². The van der Waals surface area contributed by atoms with E-state index in [2.05, 4.69) is 0 Å². The molecular formula is C12H7FN2O4. The summed E-state index contributed by atoms with van der Waals surface area (Å²) in [6, 6.07) is 5.54. The second-order valence-corrected chi connectivity index (χ2v) is 3.65. The molecule has 0 unspecified atom stereocenters. The third kappa shape index (κ3) is 2.39. The number of H-pyrrole nitrogens is 1. The predicted octanol–water partition coefficient (Wildman–Crippen LogP) is 0.177. The molecule has 0 spiro atoms. The Hall–Kier alpha value is -2.83. The van der Waals surface area contributed by atoms with E-state index in [0.29, 0.717) is 17.1 Å². The smallest absolute Gasteiger partial charge is 0.298 e. The van der Waals surface area contributed by atoms with Crippen molar-refractivity contribution < 1.29 is 14.0 Å². The number of hydrogen-bond donors (Lipinski definition) is 1. The van der Waals surface area contributed by atoms with Gasteiger partial charge in [-0.25, -0.2) is 9.36 Å². The molecule has 0 atom stereocenters. The third-order valence-corrected chi connectivity index (χ3v) is 2.39. The minimum atomic E-state index is -1.25. The van der Waals surface area contributed by atoms with Gasteiger partial charge in [-0.05, 0) is 12.1 Å². The van der Waals surface area contributed by atoms with Crippen molar-refractivity contribution in [1.82, 2.24) is 9.55 Å². The molecule has 2 rings (SSSR count). The van der Waals surface area contributed by atoms with Crippen LogP contribution in [0.2, 0.25) is 0 Å². The summed E-state index contributed by atoms with van der Waals surface area (Å²) >= 11 is 0. The van der Waals surface area contributed by atoms with Crippen molar-refractivity contribution in [3.63, 3.8) is 0 Å². The Morgan fingerprint density at radius 2 is 2.05 bits per heavy atom. The maximum absolute atomic E-state index is 13.1. The van der Waals surface area contributed by atoms with Gasteiger partial charge in [-0.1, -0.05) is 12.1 Å². The molecule has 1 heterocycles. The van der Waals surface area contributed by atoms with Crippen LogP contribution in [0.1, 0.15) is 20.7 Å². The summed E-state index contributed by atoms with van der Waals surface area (Å²) in [5.41, 5.74) is -1.98. The Balaban J connectivity index is 2.56. The lowest BCUT2D eigenvalue weighted by Crippen LogP contribution is -2.35. The summed E-state index contributed by atoms with van der Waals surface area (Å²) in [4.78, 5) is 46.5. The number of aromatic amines is 1. The number of carbonyl (C=O) groups is 2. The summed E-state index contributed by atoms with van der Waals surface area (Å²) in [6.45, 7) is 0. The highest BCUT2D eigenvalue weighted by Crippen LogP contribution is 2.04. The molecule has 1 N–H and O–H groups in total. The zero-order chi connectivity index (χ0) is 14.0. The van der Waals surface area contributed by atoms with E-state index in [4.69, 9.17) is 0 Å². The SMILES string of the molecule is O=Cc1cccc(C(=O)n2cc(F)c(=O)[nH]c2=O)c1. The van der Waals surface area contributed by atoms with Crippen LogP contribution < -0.4 is 11.2 Å². The van der Waals surface area contributed by atoms with Crippen LogP contribution in [-0.4, -0.2) is 21.7 Å². The van der Waals surface area contributed by atoms with Crippen molar-refractivity contribution in [1.29, 1.82) is 0 Å². The summed E-state index contributed by atoms with van der Waals surface area (Å²) in [5, 5.41) is 0. The molecule has 7 heteroatoms. The normalized spacial score (nSPS) is 10.2. The van der Waals surface area contributed by atoms with E-state index in [0.717, 1.165) is 0 Å². The number of aromatic nitrogens is 2. The molecule has 2 aromatic rings. The average Bonchev–Trinajstić information content (AvgIpc) is 2.42. The van der Waals surface area contributed by atoms with Gasteiger partial charge in [0.05, 0.1) is 6.20 Å². The lowest BCUT2D eigenvalue weighted by atomic mass is 10.1. The molecule has 1 aromatic heterocycles. The van der Waals surface area contributed by atoms with Crippen LogP contribution in [0.15, 0.2) is 40.1 Å². The van der Waals surface area contributed by atoms with Crippen LogP contribution in [0, 0.1) is 5.82 Å². The number of hydrogen-bond acceptors (Lipinski definition) is 4. The fraction of sp³-hybridized carbons (Fsp3) is 0. The average molecular weight is 262 g/mol. The molecule has 0 amide bonds. The lowest BCUT2D eigenvalue weighted by Gasteiger charge is -2.04. The maximum Gasteiger partial charge on any atom is 0.335 e. The minimum absolute atomic E-state index is 0.0261. The van der Waals surface area contributed by atoms with E-state index in [1.54, 1.807) is 4.98 Å². The van der Waals surface area contributed by atoms with E-state index in [1.807, 2.05) is 0 Å². The van der Waals surface area contributed by atoms with Gasteiger partial charge in [0.25, 0.3) is 11.5 Å². The highest BCUT2D eigenvalue weighted by Gasteiger charge is 2.13. The molecule has 0 bridgehead atoms. The molecule has 96 valence electrons. The Bertz CT molecular complexity index is 776. The molecule has 0 aliphatic rings. The van der Waals surface area contributed by atoms with Crippen molar-refractivity contribution in [2.45, 2.75) is 0 Å². The van der Waals surface area contributed by atoms with Gasteiger partial charge in [0.1, 0.15) is 6.29 Å².